The molecule has 0 spiro atoms. The zero-order valence-corrected chi connectivity index (χ0v) is 11.5. The van der Waals surface area contributed by atoms with Crippen LogP contribution >= 0.6 is 0 Å². The van der Waals surface area contributed by atoms with Crippen molar-refractivity contribution in [1.82, 2.24) is 4.98 Å². The van der Waals surface area contributed by atoms with Crippen LogP contribution in [-0.4, -0.2) is 24.8 Å². The number of fused-ring (bicyclic) bond motifs is 1. The van der Waals surface area contributed by atoms with Crippen molar-refractivity contribution >= 4 is 10.9 Å². The Morgan fingerprint density at radius 3 is 2.85 bits per heavy atom. The summed E-state index contributed by atoms with van der Waals surface area (Å²) in [5, 5.41) is 1.05. The van der Waals surface area contributed by atoms with Crippen LogP contribution in [0, 0.1) is 5.92 Å². The zero-order chi connectivity index (χ0) is 13.8. The zero-order valence-electron chi connectivity index (χ0n) is 11.5. The largest absolute Gasteiger partial charge is 0.493 e. The monoisotopic (exact) mass is 272 g/mol. The fourth-order valence-electron chi connectivity index (χ4n) is 2.54. The highest BCUT2D eigenvalue weighted by molar-refractivity contribution is 5.85. The summed E-state index contributed by atoms with van der Waals surface area (Å²) in [6, 6.07) is 9.99. The van der Waals surface area contributed by atoms with E-state index in [1.165, 1.54) is 0 Å². The summed E-state index contributed by atoms with van der Waals surface area (Å²) in [5.41, 5.74) is 7.52. The highest BCUT2D eigenvalue weighted by Gasteiger charge is 2.15. The van der Waals surface area contributed by atoms with E-state index in [0.717, 1.165) is 55.0 Å². The van der Waals surface area contributed by atoms with Gasteiger partial charge < -0.3 is 15.2 Å². The van der Waals surface area contributed by atoms with Crippen LogP contribution in [0.1, 0.15) is 18.5 Å². The summed E-state index contributed by atoms with van der Waals surface area (Å²) < 4.78 is 11.4. The van der Waals surface area contributed by atoms with E-state index in [0.29, 0.717) is 12.5 Å². The number of hydrogen-bond acceptors (Lipinski definition) is 4. The molecule has 0 aliphatic carbocycles. The van der Waals surface area contributed by atoms with Crippen LogP contribution in [-0.2, 0) is 11.3 Å². The lowest BCUT2D eigenvalue weighted by Crippen LogP contribution is -2.21. The summed E-state index contributed by atoms with van der Waals surface area (Å²) in [6.07, 6.45) is 2.15. The maximum absolute atomic E-state index is 6.05. The molecule has 1 saturated heterocycles. The smallest absolute Gasteiger partial charge is 0.130 e. The van der Waals surface area contributed by atoms with Gasteiger partial charge in [-0.25, -0.2) is 0 Å². The maximum Gasteiger partial charge on any atom is 0.130 e. The predicted molar refractivity (Wildman–Crippen MR) is 78.7 cm³/mol. The molecule has 4 nitrogen and oxygen atoms in total. The molecule has 20 heavy (non-hydrogen) atoms. The van der Waals surface area contributed by atoms with Gasteiger partial charge in [0, 0.05) is 31.2 Å². The van der Waals surface area contributed by atoms with Crippen LogP contribution in [0.5, 0.6) is 5.75 Å². The number of pyridine rings is 1. The van der Waals surface area contributed by atoms with Crippen LogP contribution in [0.15, 0.2) is 30.3 Å². The molecule has 1 aliphatic rings. The molecule has 0 atom stereocenters. The second kappa shape index (κ2) is 6.20. The third-order valence-corrected chi connectivity index (χ3v) is 3.76. The van der Waals surface area contributed by atoms with E-state index in [1.807, 2.05) is 30.3 Å². The third-order valence-electron chi connectivity index (χ3n) is 3.76. The SMILES string of the molecule is NCc1cc(OCC2CCOCC2)c2ccccc2n1. The summed E-state index contributed by atoms with van der Waals surface area (Å²) >= 11 is 0. The first-order valence-electron chi connectivity index (χ1n) is 7.16. The van der Waals surface area contributed by atoms with E-state index in [-0.39, 0.29) is 0 Å². The molecular weight excluding hydrogens is 252 g/mol. The summed E-state index contributed by atoms with van der Waals surface area (Å²) in [6.45, 7) is 2.86. The van der Waals surface area contributed by atoms with Crippen molar-refractivity contribution in [2.45, 2.75) is 19.4 Å². The average Bonchev–Trinajstić information content (AvgIpc) is 2.53. The van der Waals surface area contributed by atoms with E-state index in [4.69, 9.17) is 15.2 Å². The Hall–Kier alpha value is -1.65. The van der Waals surface area contributed by atoms with Crippen LogP contribution in [0.25, 0.3) is 10.9 Å². The average molecular weight is 272 g/mol. The minimum atomic E-state index is 0.429. The van der Waals surface area contributed by atoms with Gasteiger partial charge >= 0.3 is 0 Å². The number of benzene rings is 1. The fraction of sp³-hybridized carbons (Fsp3) is 0.438. The number of rotatable bonds is 4. The number of nitrogens with two attached hydrogens (primary N) is 1. The molecule has 1 aromatic heterocycles. The Labute approximate surface area is 118 Å². The van der Waals surface area contributed by atoms with E-state index in [9.17, 15) is 0 Å². The quantitative estimate of drug-likeness (QED) is 0.929. The molecule has 2 N–H and O–H groups in total. The molecule has 106 valence electrons. The second-order valence-electron chi connectivity index (χ2n) is 5.20. The molecule has 0 amide bonds. The molecule has 0 bridgehead atoms. The highest BCUT2D eigenvalue weighted by atomic mass is 16.5. The Kier molecular flexibility index (Phi) is 4.14. The number of nitrogens with zero attached hydrogens (tertiary/aromatic N) is 1. The fourth-order valence-corrected chi connectivity index (χ4v) is 2.54. The molecule has 0 unspecified atom stereocenters. The number of aromatic nitrogens is 1. The molecule has 2 heterocycles. The lowest BCUT2D eigenvalue weighted by Gasteiger charge is -2.22. The van der Waals surface area contributed by atoms with Gasteiger partial charge in [0.15, 0.2) is 0 Å². The summed E-state index contributed by atoms with van der Waals surface area (Å²) in [5.74, 6) is 1.47. The Balaban J connectivity index is 1.81. The first-order valence-corrected chi connectivity index (χ1v) is 7.16. The van der Waals surface area contributed by atoms with Gasteiger partial charge in [0.05, 0.1) is 17.8 Å². The van der Waals surface area contributed by atoms with Crippen molar-refractivity contribution < 1.29 is 9.47 Å². The van der Waals surface area contributed by atoms with Gasteiger partial charge in [0.25, 0.3) is 0 Å². The molecule has 2 aromatic rings. The minimum absolute atomic E-state index is 0.429. The summed E-state index contributed by atoms with van der Waals surface area (Å²) in [4.78, 5) is 4.52. The van der Waals surface area contributed by atoms with Crippen molar-refractivity contribution in [2.24, 2.45) is 11.7 Å². The number of para-hydroxylation sites is 1. The van der Waals surface area contributed by atoms with Gasteiger partial charge in [-0.1, -0.05) is 12.1 Å². The van der Waals surface area contributed by atoms with Gasteiger partial charge in [-0.05, 0) is 30.9 Å². The Morgan fingerprint density at radius 1 is 1.25 bits per heavy atom. The van der Waals surface area contributed by atoms with Crippen molar-refractivity contribution in [1.29, 1.82) is 0 Å². The van der Waals surface area contributed by atoms with Crippen LogP contribution in [0.3, 0.4) is 0 Å². The van der Waals surface area contributed by atoms with Crippen molar-refractivity contribution in [3.8, 4) is 5.75 Å². The van der Waals surface area contributed by atoms with Crippen LogP contribution in [0.4, 0.5) is 0 Å². The molecule has 0 saturated carbocycles. The second-order valence-corrected chi connectivity index (χ2v) is 5.20. The van der Waals surface area contributed by atoms with E-state index in [2.05, 4.69) is 4.98 Å². The van der Waals surface area contributed by atoms with Gasteiger partial charge in [-0.15, -0.1) is 0 Å². The van der Waals surface area contributed by atoms with E-state index >= 15 is 0 Å². The molecule has 0 radical (unpaired) electrons. The van der Waals surface area contributed by atoms with Crippen molar-refractivity contribution in [3.63, 3.8) is 0 Å². The molecule has 3 rings (SSSR count). The van der Waals surface area contributed by atoms with Crippen LogP contribution in [0.2, 0.25) is 0 Å². The number of hydrogen-bond donors (Lipinski definition) is 1. The molecular formula is C16H20N2O2. The van der Waals surface area contributed by atoms with Gasteiger partial charge in [-0.2, -0.15) is 0 Å². The Morgan fingerprint density at radius 2 is 2.05 bits per heavy atom. The van der Waals surface area contributed by atoms with E-state index < -0.39 is 0 Å². The third kappa shape index (κ3) is 2.92. The number of ether oxygens (including phenoxy) is 2. The normalized spacial score (nSPS) is 16.4. The maximum atomic E-state index is 6.05. The standard InChI is InChI=1S/C16H20N2O2/c17-10-13-9-16(14-3-1-2-4-15(14)18-13)20-11-12-5-7-19-8-6-12/h1-4,9,12H,5-8,10-11,17H2. The van der Waals surface area contributed by atoms with Gasteiger partial charge in [-0.3, -0.25) is 4.98 Å². The molecule has 1 aromatic carbocycles. The minimum Gasteiger partial charge on any atom is -0.493 e. The van der Waals surface area contributed by atoms with E-state index in [1.54, 1.807) is 0 Å². The lowest BCUT2D eigenvalue weighted by molar-refractivity contribution is 0.0500. The summed E-state index contributed by atoms with van der Waals surface area (Å²) in [7, 11) is 0. The van der Waals surface area contributed by atoms with Crippen molar-refractivity contribution in [3.05, 3.63) is 36.0 Å². The Bertz CT molecular complexity index is 580. The first kappa shape index (κ1) is 13.3. The first-order chi connectivity index (χ1) is 9.86. The van der Waals surface area contributed by atoms with Gasteiger partial charge in [0.2, 0.25) is 0 Å². The molecule has 1 fully saturated rings. The molecule has 1 aliphatic heterocycles. The van der Waals surface area contributed by atoms with Crippen molar-refractivity contribution in [2.75, 3.05) is 19.8 Å². The highest BCUT2D eigenvalue weighted by Crippen LogP contribution is 2.26. The topological polar surface area (TPSA) is 57.4 Å². The van der Waals surface area contributed by atoms with Gasteiger partial charge in [0.1, 0.15) is 5.75 Å². The lowest BCUT2D eigenvalue weighted by atomic mass is 10.0. The molecule has 4 heteroatoms. The van der Waals surface area contributed by atoms with Crippen LogP contribution < -0.4 is 10.5 Å². The predicted octanol–water partition coefficient (Wildman–Crippen LogP) is 2.50.